The summed E-state index contributed by atoms with van der Waals surface area (Å²) in [6.07, 6.45) is 5.93. The molecule has 2 aliphatic heterocycles. The van der Waals surface area contributed by atoms with Gasteiger partial charge in [-0.25, -0.2) is 9.78 Å². The normalized spacial score (nSPS) is 25.8. The van der Waals surface area contributed by atoms with Crippen molar-refractivity contribution >= 4 is 23.7 Å². The van der Waals surface area contributed by atoms with E-state index in [9.17, 15) is 14.4 Å². The smallest absolute Gasteiger partial charge is 0.325 e. The Morgan fingerprint density at radius 3 is 2.54 bits per heavy atom. The number of anilines is 1. The Labute approximate surface area is 208 Å². The van der Waals surface area contributed by atoms with E-state index < -0.39 is 11.6 Å². The van der Waals surface area contributed by atoms with Crippen LogP contribution in [-0.4, -0.2) is 77.9 Å². The van der Waals surface area contributed by atoms with E-state index in [1.165, 1.54) is 0 Å². The summed E-state index contributed by atoms with van der Waals surface area (Å²) in [5.41, 5.74) is 0.317. The quantitative estimate of drug-likeness (QED) is 0.577. The number of urea groups is 1. The van der Waals surface area contributed by atoms with Crippen LogP contribution in [0.3, 0.4) is 0 Å². The zero-order valence-corrected chi connectivity index (χ0v) is 21.6. The van der Waals surface area contributed by atoms with Gasteiger partial charge in [0.25, 0.3) is 5.91 Å². The van der Waals surface area contributed by atoms with Crippen molar-refractivity contribution in [3.8, 4) is 0 Å². The lowest BCUT2D eigenvalue weighted by Crippen LogP contribution is -2.51. The zero-order valence-electron chi connectivity index (χ0n) is 21.6. The van der Waals surface area contributed by atoms with E-state index in [1.54, 1.807) is 6.20 Å². The first-order valence-electron chi connectivity index (χ1n) is 12.9. The number of hydrogen-bond donors (Lipinski definition) is 2. The zero-order chi connectivity index (χ0) is 25.2. The monoisotopic (exact) mass is 484 g/mol. The van der Waals surface area contributed by atoms with Gasteiger partial charge in [-0.05, 0) is 61.8 Å². The van der Waals surface area contributed by atoms with Crippen molar-refractivity contribution in [2.75, 3.05) is 44.7 Å². The SMILES string of the molecule is CCC(C)(C)C1CCC2(CC1)NC(=O)N(CC(=O)NCc1ccnc(N3CCN(C)CC3)c1)C2=O. The summed E-state index contributed by atoms with van der Waals surface area (Å²) < 4.78 is 0. The molecule has 9 heteroatoms. The van der Waals surface area contributed by atoms with Crippen molar-refractivity contribution in [2.45, 2.75) is 65.0 Å². The number of nitrogens with zero attached hydrogens (tertiary/aromatic N) is 4. The van der Waals surface area contributed by atoms with Crippen LogP contribution in [0.25, 0.3) is 0 Å². The van der Waals surface area contributed by atoms with E-state index in [4.69, 9.17) is 0 Å². The number of amides is 4. The van der Waals surface area contributed by atoms with Gasteiger partial charge in [-0.3, -0.25) is 14.5 Å². The molecule has 0 atom stereocenters. The van der Waals surface area contributed by atoms with Crippen molar-refractivity contribution < 1.29 is 14.4 Å². The van der Waals surface area contributed by atoms with Crippen LogP contribution in [0.5, 0.6) is 0 Å². The first-order chi connectivity index (χ1) is 16.6. The third kappa shape index (κ3) is 5.44. The van der Waals surface area contributed by atoms with Crippen LogP contribution < -0.4 is 15.5 Å². The van der Waals surface area contributed by atoms with Crippen LogP contribution in [0.2, 0.25) is 0 Å². The van der Waals surface area contributed by atoms with Crippen molar-refractivity contribution in [1.82, 2.24) is 25.4 Å². The molecule has 1 saturated carbocycles. The molecule has 35 heavy (non-hydrogen) atoms. The number of likely N-dealkylation sites (N-methyl/N-ethyl adjacent to an activating group) is 1. The third-order valence-corrected chi connectivity index (χ3v) is 8.53. The Kier molecular flexibility index (Phi) is 7.35. The number of hydrogen-bond acceptors (Lipinski definition) is 6. The topological polar surface area (TPSA) is 97.9 Å². The highest BCUT2D eigenvalue weighted by atomic mass is 16.2. The highest BCUT2D eigenvalue weighted by Crippen LogP contribution is 2.45. The van der Waals surface area contributed by atoms with Crippen LogP contribution in [0.15, 0.2) is 18.3 Å². The van der Waals surface area contributed by atoms with Crippen LogP contribution in [0, 0.1) is 11.3 Å². The molecule has 0 bridgehead atoms. The van der Waals surface area contributed by atoms with Crippen molar-refractivity contribution in [1.29, 1.82) is 0 Å². The number of rotatable bonds is 7. The minimum absolute atomic E-state index is 0.226. The van der Waals surface area contributed by atoms with E-state index >= 15 is 0 Å². The van der Waals surface area contributed by atoms with Gasteiger partial charge in [-0.15, -0.1) is 0 Å². The molecule has 1 aromatic rings. The highest BCUT2D eigenvalue weighted by molar-refractivity contribution is 6.09. The summed E-state index contributed by atoms with van der Waals surface area (Å²) in [7, 11) is 2.11. The lowest BCUT2D eigenvalue weighted by atomic mass is 9.65. The second-order valence-corrected chi connectivity index (χ2v) is 11.1. The maximum atomic E-state index is 13.2. The molecule has 3 heterocycles. The average Bonchev–Trinajstić information content (AvgIpc) is 3.07. The van der Waals surface area contributed by atoms with Gasteiger partial charge in [0.15, 0.2) is 0 Å². The lowest BCUT2D eigenvalue weighted by Gasteiger charge is -2.42. The molecule has 2 N–H and O–H groups in total. The molecule has 2 saturated heterocycles. The molecule has 9 nitrogen and oxygen atoms in total. The number of carbonyl (C=O) groups excluding carboxylic acids is 3. The molecular weight excluding hydrogens is 444 g/mol. The summed E-state index contributed by atoms with van der Waals surface area (Å²) in [5, 5.41) is 5.79. The van der Waals surface area contributed by atoms with Crippen LogP contribution in [-0.2, 0) is 16.1 Å². The van der Waals surface area contributed by atoms with E-state index in [1.807, 2.05) is 12.1 Å². The molecule has 1 spiro atoms. The Hall–Kier alpha value is -2.68. The van der Waals surface area contributed by atoms with Crippen LogP contribution in [0.4, 0.5) is 10.6 Å². The maximum Gasteiger partial charge on any atom is 0.325 e. The maximum absolute atomic E-state index is 13.2. The molecule has 3 fully saturated rings. The second-order valence-electron chi connectivity index (χ2n) is 11.1. The van der Waals surface area contributed by atoms with Crippen LogP contribution >= 0.6 is 0 Å². The van der Waals surface area contributed by atoms with E-state index in [0.29, 0.717) is 25.3 Å². The van der Waals surface area contributed by atoms with Gasteiger partial charge in [-0.1, -0.05) is 27.2 Å². The van der Waals surface area contributed by atoms with Gasteiger partial charge < -0.3 is 20.4 Å². The van der Waals surface area contributed by atoms with Gasteiger partial charge in [0.2, 0.25) is 5.91 Å². The molecule has 4 rings (SSSR count). The van der Waals surface area contributed by atoms with Crippen LogP contribution in [0.1, 0.15) is 58.4 Å². The van der Waals surface area contributed by atoms with Gasteiger partial charge in [0, 0.05) is 38.9 Å². The van der Waals surface area contributed by atoms with Crippen molar-refractivity contribution in [2.24, 2.45) is 11.3 Å². The van der Waals surface area contributed by atoms with Crippen molar-refractivity contribution in [3.05, 3.63) is 23.9 Å². The van der Waals surface area contributed by atoms with Gasteiger partial charge in [-0.2, -0.15) is 0 Å². The minimum Gasteiger partial charge on any atom is -0.354 e. The summed E-state index contributed by atoms with van der Waals surface area (Å²) in [6.45, 7) is 10.6. The van der Waals surface area contributed by atoms with E-state index in [2.05, 4.69) is 53.2 Å². The van der Waals surface area contributed by atoms with Gasteiger partial charge in [0.1, 0.15) is 17.9 Å². The molecule has 3 aliphatic rings. The number of nitrogens with one attached hydrogen (secondary N) is 2. The minimum atomic E-state index is -0.847. The summed E-state index contributed by atoms with van der Waals surface area (Å²) in [5.74, 6) is 0.843. The average molecular weight is 485 g/mol. The Bertz CT molecular complexity index is 948. The number of carbonyl (C=O) groups is 3. The van der Waals surface area contributed by atoms with Gasteiger partial charge in [0.05, 0.1) is 0 Å². The standard InChI is InChI=1S/C26H40N6O3/c1-5-25(2,3)20-6-9-26(10-7-20)23(34)32(24(35)29-26)18-22(33)28-17-19-8-11-27-21(16-19)31-14-12-30(4)13-15-31/h8,11,16,20H,5-7,9-10,12-15,17-18H2,1-4H3,(H,28,33)(H,29,35). The third-order valence-electron chi connectivity index (χ3n) is 8.53. The lowest BCUT2D eigenvalue weighted by molar-refractivity contribution is -0.136. The molecule has 0 aromatic carbocycles. The largest absolute Gasteiger partial charge is 0.354 e. The Balaban J connectivity index is 1.30. The molecule has 0 radical (unpaired) electrons. The summed E-state index contributed by atoms with van der Waals surface area (Å²) >= 11 is 0. The summed E-state index contributed by atoms with van der Waals surface area (Å²) in [6, 6.07) is 3.41. The predicted molar refractivity (Wildman–Crippen MR) is 135 cm³/mol. The van der Waals surface area contributed by atoms with E-state index in [-0.39, 0.29) is 23.8 Å². The predicted octanol–water partition coefficient (Wildman–Crippen LogP) is 2.37. The van der Waals surface area contributed by atoms with Gasteiger partial charge >= 0.3 is 6.03 Å². The highest BCUT2D eigenvalue weighted by Gasteiger charge is 2.53. The molecule has 4 amide bonds. The first-order valence-corrected chi connectivity index (χ1v) is 12.9. The first kappa shape index (κ1) is 25.4. The molecular formula is C26H40N6O3. The molecule has 192 valence electrons. The van der Waals surface area contributed by atoms with Crippen molar-refractivity contribution in [3.63, 3.8) is 0 Å². The Morgan fingerprint density at radius 1 is 1.20 bits per heavy atom. The number of imide groups is 1. The molecule has 1 aliphatic carbocycles. The molecule has 1 aromatic heterocycles. The fraction of sp³-hybridized carbons (Fsp3) is 0.692. The fourth-order valence-electron chi connectivity index (χ4n) is 5.52. The Morgan fingerprint density at radius 2 is 1.89 bits per heavy atom. The summed E-state index contributed by atoms with van der Waals surface area (Å²) in [4.78, 5) is 48.6. The number of piperazine rings is 1. The number of aromatic nitrogens is 1. The fourth-order valence-corrected chi connectivity index (χ4v) is 5.52. The molecule has 0 unspecified atom stereocenters. The number of pyridine rings is 1. The second kappa shape index (κ2) is 10.1. The van der Waals surface area contributed by atoms with E-state index in [0.717, 1.165) is 61.7 Å².